The molecule has 0 heterocycles. The van der Waals surface area contributed by atoms with Gasteiger partial charge in [-0.2, -0.15) is 0 Å². The Morgan fingerprint density at radius 3 is 1.00 bits per heavy atom. The van der Waals surface area contributed by atoms with E-state index in [1.807, 2.05) is 0 Å². The van der Waals surface area contributed by atoms with Gasteiger partial charge in [0.1, 0.15) is 0 Å². The normalized spacial score (nSPS) is 0. The summed E-state index contributed by atoms with van der Waals surface area (Å²) in [5.41, 5.74) is 0. The van der Waals surface area contributed by atoms with Crippen molar-refractivity contribution in [1.29, 1.82) is 0 Å². The molecule has 0 aliphatic carbocycles. The Hall–Kier alpha value is 1.80. The summed E-state index contributed by atoms with van der Waals surface area (Å²) < 4.78 is 0. The molecule has 38 valence electrons. The molecule has 0 amide bonds. The summed E-state index contributed by atoms with van der Waals surface area (Å²) >= 11 is 0. The maximum atomic E-state index is 0. The maximum Gasteiger partial charge on any atom is 0 e. The number of hydrogen-bond acceptors (Lipinski definition) is 0. The Morgan fingerprint density at radius 1 is 1.00 bits per heavy atom. The van der Waals surface area contributed by atoms with Crippen LogP contribution < -0.4 is 0 Å². The van der Waals surface area contributed by atoms with Crippen molar-refractivity contribution in [3.63, 3.8) is 0 Å². The quantitative estimate of drug-likeness (QED) is 0.418. The summed E-state index contributed by atoms with van der Waals surface area (Å²) in [6, 6.07) is 0. The van der Waals surface area contributed by atoms with Gasteiger partial charge in [0, 0.05) is 58.8 Å². The van der Waals surface area contributed by atoms with Gasteiger partial charge in [-0.25, -0.2) is 0 Å². The second-order valence-corrected chi connectivity index (χ2v) is 0. The van der Waals surface area contributed by atoms with Gasteiger partial charge in [0.2, 0.25) is 0 Å². The number of hydrogen-bond donors (Lipinski definition) is 0. The second-order valence-electron chi connectivity index (χ2n) is 0. The van der Waals surface area contributed by atoms with E-state index in [9.17, 15) is 0 Å². The fourth-order valence-electron chi connectivity index (χ4n) is 0. The third kappa shape index (κ3) is 25.8. The van der Waals surface area contributed by atoms with Crippen molar-refractivity contribution in [3.05, 3.63) is 0 Å². The minimum atomic E-state index is 0. The molecule has 0 saturated heterocycles. The van der Waals surface area contributed by atoms with Gasteiger partial charge in [-0.15, -0.1) is 0 Å². The van der Waals surface area contributed by atoms with Gasteiger partial charge in [-0.05, 0) is 11.0 Å². The van der Waals surface area contributed by atoms with E-state index < -0.39 is 0 Å². The molecule has 0 aromatic carbocycles. The maximum absolute atomic E-state index is 0. The third-order valence-corrected chi connectivity index (χ3v) is 0. The molecule has 5 heteroatoms. The second kappa shape index (κ2) is 41.2. The number of rotatable bonds is 0. The predicted octanol–water partition coefficient (Wildman–Crippen LogP) is -1.84. The van der Waals surface area contributed by atoms with Crippen molar-refractivity contribution < 1.29 is 50.3 Å². The molecule has 0 spiro atoms. The minimum absolute atomic E-state index is 0. The van der Waals surface area contributed by atoms with Crippen LogP contribution in [0.25, 0.3) is 0 Å². The summed E-state index contributed by atoms with van der Waals surface area (Å²) in [7, 11) is 0. The van der Waals surface area contributed by atoms with E-state index in [1.165, 1.54) is 0 Å². The predicted molar refractivity (Wildman–Crippen MR) is 17.1 cm³/mol. The Bertz CT molecular complexity index is 11.6. The average Bonchev–Trinajstić information content (AvgIpc) is 0. The standard InChI is InChI=1S/B.Co.Fe.Ni.H4Si/h;;;;1H4. The Labute approximate surface area is 69.4 Å². The van der Waals surface area contributed by atoms with E-state index in [0.717, 1.165) is 0 Å². The van der Waals surface area contributed by atoms with Crippen LogP contribution in [0.2, 0.25) is 0 Å². The molecule has 0 aliphatic heterocycles. The van der Waals surface area contributed by atoms with Crippen molar-refractivity contribution in [3.8, 4) is 0 Å². The molecule has 0 rings (SSSR count). The zero-order valence-electron chi connectivity index (χ0n) is 1.58. The molecule has 0 atom stereocenters. The van der Waals surface area contributed by atoms with Gasteiger partial charge in [0.05, 0.1) is 0 Å². The Kier molecular flexibility index (Phi) is 582. The molecule has 0 nitrogen and oxygen atoms in total. The summed E-state index contributed by atoms with van der Waals surface area (Å²) in [6.45, 7) is 0. The monoisotopic (exact) mass is 216 g/mol. The van der Waals surface area contributed by atoms with E-state index in [0.29, 0.717) is 0 Å². The first kappa shape index (κ1) is 70.5. The molecule has 0 saturated carbocycles. The third-order valence-electron chi connectivity index (χ3n) is 0. The SMILES string of the molecule is [B].[Co].[Fe].[Ni].[SiH4]. The molecule has 5 heavy (non-hydrogen) atoms. The molecule has 0 unspecified atom stereocenters. The summed E-state index contributed by atoms with van der Waals surface area (Å²) in [4.78, 5) is 0. The topological polar surface area (TPSA) is 0 Å². The fraction of sp³-hybridized carbons (Fsp3) is 0. The van der Waals surface area contributed by atoms with Gasteiger partial charge >= 0.3 is 0 Å². The van der Waals surface area contributed by atoms with Crippen molar-refractivity contribution >= 4 is 19.4 Å². The van der Waals surface area contributed by atoms with Gasteiger partial charge in [-0.3, -0.25) is 0 Å². The van der Waals surface area contributed by atoms with Gasteiger partial charge in [0.25, 0.3) is 0 Å². The smallest absolute Gasteiger partial charge is 0 e. The molecule has 4 radical (unpaired) electrons. The van der Waals surface area contributed by atoms with Crippen LogP contribution >= 0.6 is 0 Å². The van der Waals surface area contributed by atoms with Crippen LogP contribution in [0.5, 0.6) is 0 Å². The zero-order valence-corrected chi connectivity index (χ0v) is 4.71. The van der Waals surface area contributed by atoms with E-state index >= 15 is 0 Å². The molecular formula is H4BCoFeNiSi. The van der Waals surface area contributed by atoms with Crippen LogP contribution in [0.1, 0.15) is 0 Å². The fourth-order valence-corrected chi connectivity index (χ4v) is 0. The summed E-state index contributed by atoms with van der Waals surface area (Å²) in [5.74, 6) is 0. The zero-order chi connectivity index (χ0) is 0. The molecule has 0 aromatic rings. The average molecular weight is 216 g/mol. The van der Waals surface area contributed by atoms with Gasteiger partial charge in [0.15, 0.2) is 0 Å². The first-order valence-electron chi connectivity index (χ1n) is 0. The Balaban J connectivity index is 0. The van der Waals surface area contributed by atoms with Crippen molar-refractivity contribution in [2.75, 3.05) is 0 Å². The molecule has 0 fully saturated rings. The molecule has 0 aromatic heterocycles. The van der Waals surface area contributed by atoms with E-state index in [4.69, 9.17) is 0 Å². The van der Waals surface area contributed by atoms with Crippen molar-refractivity contribution in [2.24, 2.45) is 0 Å². The van der Waals surface area contributed by atoms with Crippen LogP contribution in [-0.4, -0.2) is 19.4 Å². The first-order valence-corrected chi connectivity index (χ1v) is 0. The van der Waals surface area contributed by atoms with Crippen LogP contribution in [0.3, 0.4) is 0 Å². The molecule has 0 N–H and O–H groups in total. The molecular weight excluding hydrogens is 212 g/mol. The molecule has 0 bridgehead atoms. The van der Waals surface area contributed by atoms with Crippen LogP contribution in [-0.2, 0) is 50.3 Å². The van der Waals surface area contributed by atoms with Crippen molar-refractivity contribution in [2.45, 2.75) is 0 Å². The Morgan fingerprint density at radius 2 is 1.00 bits per heavy atom. The van der Waals surface area contributed by atoms with Gasteiger partial charge < -0.3 is 0 Å². The largest absolute Gasteiger partial charge is 0.0149 e. The summed E-state index contributed by atoms with van der Waals surface area (Å²) in [5, 5.41) is 0. The van der Waals surface area contributed by atoms with E-state index in [-0.39, 0.29) is 69.7 Å². The van der Waals surface area contributed by atoms with E-state index in [2.05, 4.69) is 0 Å². The van der Waals surface area contributed by atoms with Crippen LogP contribution in [0.4, 0.5) is 0 Å². The van der Waals surface area contributed by atoms with E-state index in [1.54, 1.807) is 0 Å². The minimum Gasteiger partial charge on any atom is -0.0149 e. The first-order chi connectivity index (χ1) is 0. The summed E-state index contributed by atoms with van der Waals surface area (Å²) in [6.07, 6.45) is 0. The van der Waals surface area contributed by atoms with Crippen LogP contribution in [0.15, 0.2) is 0 Å². The van der Waals surface area contributed by atoms with Crippen molar-refractivity contribution in [1.82, 2.24) is 0 Å². The van der Waals surface area contributed by atoms with Crippen LogP contribution in [0, 0.1) is 0 Å². The van der Waals surface area contributed by atoms with Gasteiger partial charge in [-0.1, -0.05) is 0 Å². The molecule has 0 aliphatic rings.